The van der Waals surface area contributed by atoms with Crippen molar-refractivity contribution in [1.29, 1.82) is 0 Å². The quantitative estimate of drug-likeness (QED) is 0.790. The number of amides is 1. The van der Waals surface area contributed by atoms with Crippen LogP contribution in [0, 0.1) is 12.8 Å². The number of anilines is 1. The van der Waals surface area contributed by atoms with Gasteiger partial charge in [-0.1, -0.05) is 13.8 Å². The maximum absolute atomic E-state index is 12.7. The van der Waals surface area contributed by atoms with Gasteiger partial charge in [-0.25, -0.2) is 0 Å². The van der Waals surface area contributed by atoms with Crippen LogP contribution in [0.2, 0.25) is 0 Å². The summed E-state index contributed by atoms with van der Waals surface area (Å²) in [6.45, 7) is 8.07. The lowest BCUT2D eigenvalue weighted by Crippen LogP contribution is -2.40. The Morgan fingerprint density at radius 3 is 2.48 bits per heavy atom. The van der Waals surface area contributed by atoms with Crippen molar-refractivity contribution in [3.8, 4) is 0 Å². The van der Waals surface area contributed by atoms with Crippen LogP contribution in [-0.2, 0) is 16.6 Å². The van der Waals surface area contributed by atoms with Gasteiger partial charge in [-0.3, -0.25) is 14.3 Å². The minimum absolute atomic E-state index is 0.0888. The largest absolute Gasteiger partial charge is 0.465 e. The fourth-order valence-corrected chi connectivity index (χ4v) is 2.10. The smallest absolute Gasteiger partial charge is 0.325 e. The number of carbonyl (C=O) groups excluding carboxylic acids is 2. The molecule has 0 saturated carbocycles. The van der Waals surface area contributed by atoms with Gasteiger partial charge < -0.3 is 15.4 Å². The van der Waals surface area contributed by atoms with Crippen molar-refractivity contribution in [2.75, 3.05) is 25.4 Å². The first kappa shape index (κ1) is 17.0. The summed E-state index contributed by atoms with van der Waals surface area (Å²) in [5.74, 6) is -0.514. The van der Waals surface area contributed by atoms with E-state index in [1.165, 1.54) is 9.58 Å². The zero-order valence-corrected chi connectivity index (χ0v) is 13.3. The Hall–Kier alpha value is -2.05. The monoisotopic (exact) mass is 296 g/mol. The van der Waals surface area contributed by atoms with Gasteiger partial charge in [0.1, 0.15) is 12.2 Å². The number of esters is 1. The highest BCUT2D eigenvalue weighted by molar-refractivity contribution is 5.99. The number of rotatable bonds is 6. The Bertz CT molecular complexity index is 523. The van der Waals surface area contributed by atoms with Gasteiger partial charge >= 0.3 is 5.97 Å². The molecule has 1 aromatic rings. The van der Waals surface area contributed by atoms with Crippen LogP contribution in [0.5, 0.6) is 0 Å². The van der Waals surface area contributed by atoms with E-state index < -0.39 is 5.97 Å². The average molecular weight is 296 g/mol. The second kappa shape index (κ2) is 7.10. The zero-order chi connectivity index (χ0) is 16.2. The first-order chi connectivity index (χ1) is 9.77. The Balaban J connectivity index is 3.01. The highest BCUT2D eigenvalue weighted by Crippen LogP contribution is 2.18. The van der Waals surface area contributed by atoms with Crippen molar-refractivity contribution in [2.24, 2.45) is 13.0 Å². The number of hydrogen-bond donors (Lipinski definition) is 1. The molecule has 0 aromatic carbocycles. The van der Waals surface area contributed by atoms with Crippen molar-refractivity contribution >= 4 is 17.6 Å². The Morgan fingerprint density at radius 1 is 1.43 bits per heavy atom. The topological polar surface area (TPSA) is 90.4 Å². The fourth-order valence-electron chi connectivity index (χ4n) is 2.10. The van der Waals surface area contributed by atoms with Crippen molar-refractivity contribution in [1.82, 2.24) is 14.7 Å². The molecule has 1 rings (SSSR count). The highest BCUT2D eigenvalue weighted by atomic mass is 16.5. The summed E-state index contributed by atoms with van der Waals surface area (Å²) in [5, 5.41) is 4.14. The molecule has 0 saturated heterocycles. The molecule has 1 aromatic heterocycles. The molecule has 21 heavy (non-hydrogen) atoms. The molecule has 0 bridgehead atoms. The summed E-state index contributed by atoms with van der Waals surface area (Å²) in [6.07, 6.45) is 0. The molecule has 7 nitrogen and oxygen atoms in total. The number of nitrogens with zero attached hydrogens (tertiary/aromatic N) is 3. The normalized spacial score (nSPS) is 10.8. The molecule has 0 fully saturated rings. The Kier molecular flexibility index (Phi) is 5.75. The molecule has 2 N–H and O–H groups in total. The summed E-state index contributed by atoms with van der Waals surface area (Å²) >= 11 is 0. The lowest BCUT2D eigenvalue weighted by Gasteiger charge is -2.23. The van der Waals surface area contributed by atoms with Crippen LogP contribution in [-0.4, -0.2) is 46.3 Å². The first-order valence-corrected chi connectivity index (χ1v) is 7.01. The van der Waals surface area contributed by atoms with Gasteiger partial charge in [-0.15, -0.1) is 0 Å². The molecular weight excluding hydrogens is 272 g/mol. The predicted octanol–water partition coefficient (Wildman–Crippen LogP) is 0.972. The summed E-state index contributed by atoms with van der Waals surface area (Å²) < 4.78 is 6.37. The third kappa shape index (κ3) is 4.21. The summed E-state index contributed by atoms with van der Waals surface area (Å²) in [4.78, 5) is 25.8. The maximum atomic E-state index is 12.7. The van der Waals surface area contributed by atoms with E-state index in [4.69, 9.17) is 10.5 Å². The molecule has 1 amide bonds. The van der Waals surface area contributed by atoms with Crippen LogP contribution >= 0.6 is 0 Å². The minimum atomic E-state index is -0.427. The van der Waals surface area contributed by atoms with Crippen LogP contribution < -0.4 is 5.73 Å². The third-order valence-electron chi connectivity index (χ3n) is 2.97. The van der Waals surface area contributed by atoms with Gasteiger partial charge in [0.15, 0.2) is 0 Å². The van der Waals surface area contributed by atoms with Crippen LogP contribution in [0.15, 0.2) is 0 Å². The second-order valence-corrected chi connectivity index (χ2v) is 5.36. The van der Waals surface area contributed by atoms with Crippen molar-refractivity contribution in [3.63, 3.8) is 0 Å². The SMILES string of the molecule is CCOC(=O)CN(CC(C)C)C(=O)c1c(N)c(C)nn1C. The van der Waals surface area contributed by atoms with E-state index in [2.05, 4.69) is 5.10 Å². The lowest BCUT2D eigenvalue weighted by atomic mass is 10.2. The van der Waals surface area contributed by atoms with Crippen LogP contribution in [0.1, 0.15) is 37.0 Å². The van der Waals surface area contributed by atoms with Crippen molar-refractivity contribution in [2.45, 2.75) is 27.7 Å². The summed E-state index contributed by atoms with van der Waals surface area (Å²) in [6, 6.07) is 0. The van der Waals surface area contributed by atoms with Crippen LogP contribution in [0.25, 0.3) is 0 Å². The van der Waals surface area contributed by atoms with Gasteiger partial charge in [-0.2, -0.15) is 5.10 Å². The van der Waals surface area contributed by atoms with Gasteiger partial charge in [-0.05, 0) is 19.8 Å². The second-order valence-electron chi connectivity index (χ2n) is 5.36. The number of ether oxygens (including phenoxy) is 1. The number of hydrogen-bond acceptors (Lipinski definition) is 5. The van der Waals surface area contributed by atoms with E-state index in [0.717, 1.165) is 0 Å². The molecule has 0 aliphatic heterocycles. The molecule has 0 radical (unpaired) electrons. The van der Waals surface area contributed by atoms with Gasteiger partial charge in [0.2, 0.25) is 0 Å². The first-order valence-electron chi connectivity index (χ1n) is 7.01. The number of aromatic nitrogens is 2. The predicted molar refractivity (Wildman–Crippen MR) is 79.7 cm³/mol. The molecule has 0 unspecified atom stereocenters. The standard InChI is InChI=1S/C14H24N4O3/c1-6-21-11(19)8-18(7-9(2)3)14(20)13-12(15)10(4)16-17(13)5/h9H,6-8,15H2,1-5H3. The third-order valence-corrected chi connectivity index (χ3v) is 2.97. The number of nitrogen functional groups attached to an aromatic ring is 1. The van der Waals surface area contributed by atoms with E-state index in [9.17, 15) is 9.59 Å². The Morgan fingerprint density at radius 2 is 2.05 bits per heavy atom. The molecule has 0 aliphatic rings. The molecule has 0 atom stereocenters. The molecule has 1 heterocycles. The lowest BCUT2D eigenvalue weighted by molar-refractivity contribution is -0.143. The number of nitrogens with two attached hydrogens (primary N) is 1. The maximum Gasteiger partial charge on any atom is 0.325 e. The van der Waals surface area contributed by atoms with Crippen LogP contribution in [0.3, 0.4) is 0 Å². The highest BCUT2D eigenvalue weighted by Gasteiger charge is 2.26. The average Bonchev–Trinajstić information content (AvgIpc) is 2.61. The minimum Gasteiger partial charge on any atom is -0.465 e. The van der Waals surface area contributed by atoms with E-state index in [0.29, 0.717) is 23.6 Å². The van der Waals surface area contributed by atoms with Crippen molar-refractivity contribution in [3.05, 3.63) is 11.4 Å². The molecule has 118 valence electrons. The molecule has 0 spiro atoms. The Labute approximate surface area is 125 Å². The van der Waals surface area contributed by atoms with Gasteiger partial charge in [0, 0.05) is 13.6 Å². The van der Waals surface area contributed by atoms with E-state index >= 15 is 0 Å². The summed E-state index contributed by atoms with van der Waals surface area (Å²) in [7, 11) is 1.66. The molecular formula is C14H24N4O3. The van der Waals surface area contributed by atoms with Gasteiger partial charge in [0.25, 0.3) is 5.91 Å². The van der Waals surface area contributed by atoms with Crippen LogP contribution in [0.4, 0.5) is 5.69 Å². The molecule has 7 heteroatoms. The molecule has 0 aliphatic carbocycles. The van der Waals surface area contributed by atoms with E-state index in [1.54, 1.807) is 20.9 Å². The number of carbonyl (C=O) groups is 2. The summed E-state index contributed by atoms with van der Waals surface area (Å²) in [5.41, 5.74) is 7.16. The zero-order valence-electron chi connectivity index (χ0n) is 13.3. The van der Waals surface area contributed by atoms with E-state index in [1.807, 2.05) is 13.8 Å². The number of aryl methyl sites for hydroxylation is 2. The van der Waals surface area contributed by atoms with Gasteiger partial charge in [0.05, 0.1) is 18.0 Å². The van der Waals surface area contributed by atoms with E-state index in [-0.39, 0.29) is 25.0 Å². The fraction of sp³-hybridized carbons (Fsp3) is 0.643. The van der Waals surface area contributed by atoms with Crippen molar-refractivity contribution < 1.29 is 14.3 Å².